The van der Waals surface area contributed by atoms with Crippen LogP contribution in [0, 0.1) is 0 Å². The lowest BCUT2D eigenvalue weighted by Crippen LogP contribution is -2.27. The summed E-state index contributed by atoms with van der Waals surface area (Å²) in [7, 11) is 0. The molecule has 0 fully saturated rings. The molecule has 6 nitrogen and oxygen atoms in total. The van der Waals surface area contributed by atoms with Gasteiger partial charge >= 0.3 is 6.36 Å². The van der Waals surface area contributed by atoms with Gasteiger partial charge in [-0.05, 0) is 51.1 Å². The van der Waals surface area contributed by atoms with Crippen LogP contribution in [0.5, 0.6) is 11.5 Å². The molecule has 0 bridgehead atoms. The molecule has 0 spiro atoms. The van der Waals surface area contributed by atoms with Crippen LogP contribution < -0.4 is 15.4 Å². The molecular formula is C21H20ClF3N4O2. The Bertz CT molecular complexity index is 1080. The lowest BCUT2D eigenvalue weighted by Gasteiger charge is -2.21. The van der Waals surface area contributed by atoms with Crippen molar-refractivity contribution in [3.63, 3.8) is 0 Å². The minimum Gasteiger partial charge on any atom is -0.506 e. The van der Waals surface area contributed by atoms with E-state index < -0.39 is 6.36 Å². The van der Waals surface area contributed by atoms with Crippen LogP contribution >= 0.6 is 11.6 Å². The van der Waals surface area contributed by atoms with Gasteiger partial charge in [-0.1, -0.05) is 23.7 Å². The summed E-state index contributed by atoms with van der Waals surface area (Å²) in [5.74, 6) is 0.138. The summed E-state index contributed by atoms with van der Waals surface area (Å²) in [5, 5.41) is 16.6. The van der Waals surface area contributed by atoms with Crippen LogP contribution in [0.15, 0.2) is 48.5 Å². The van der Waals surface area contributed by atoms with E-state index in [0.29, 0.717) is 27.8 Å². The molecule has 0 unspecified atom stereocenters. The van der Waals surface area contributed by atoms with Gasteiger partial charge in [0.15, 0.2) is 0 Å². The van der Waals surface area contributed by atoms with Crippen molar-refractivity contribution in [2.45, 2.75) is 32.7 Å². The molecule has 0 aliphatic rings. The number of hydrogen-bond donors (Lipinski definition) is 3. The van der Waals surface area contributed by atoms with Crippen LogP contribution in [0.25, 0.3) is 11.3 Å². The number of anilines is 3. The number of rotatable bonds is 5. The summed E-state index contributed by atoms with van der Waals surface area (Å²) in [5.41, 5.74) is 0.667. The van der Waals surface area contributed by atoms with Crippen LogP contribution in [0.1, 0.15) is 20.8 Å². The average Bonchev–Trinajstić information content (AvgIpc) is 2.62. The van der Waals surface area contributed by atoms with Crippen molar-refractivity contribution in [1.29, 1.82) is 0 Å². The van der Waals surface area contributed by atoms with Crippen molar-refractivity contribution in [3.8, 4) is 22.8 Å². The lowest BCUT2D eigenvalue weighted by molar-refractivity contribution is -0.274. The Morgan fingerprint density at radius 2 is 1.74 bits per heavy atom. The number of phenols is 1. The first kappa shape index (κ1) is 22.5. The molecule has 0 aliphatic carbocycles. The standard InChI is InChI=1S/C21H20ClF3N4O2/c1-20(2,3)29-19-27-15(12-5-4-6-14(9-12)31-21(23,24)25)11-18(28-19)26-16-10-13(22)7-8-17(16)30/h4-11,30H,1-3H3,(H2,26,27,28,29). The quantitative estimate of drug-likeness (QED) is 0.391. The molecule has 10 heteroatoms. The molecule has 1 heterocycles. The number of aromatic nitrogens is 2. The number of benzene rings is 2. The third-order valence-electron chi connectivity index (χ3n) is 3.80. The molecule has 0 saturated heterocycles. The zero-order valence-electron chi connectivity index (χ0n) is 16.9. The fourth-order valence-electron chi connectivity index (χ4n) is 2.65. The highest BCUT2D eigenvalue weighted by Gasteiger charge is 2.31. The van der Waals surface area contributed by atoms with Crippen molar-refractivity contribution in [2.24, 2.45) is 0 Å². The van der Waals surface area contributed by atoms with E-state index in [4.69, 9.17) is 11.6 Å². The van der Waals surface area contributed by atoms with E-state index in [2.05, 4.69) is 25.3 Å². The average molecular weight is 453 g/mol. The molecule has 0 amide bonds. The van der Waals surface area contributed by atoms with Crippen molar-refractivity contribution in [3.05, 3.63) is 53.6 Å². The second-order valence-electron chi connectivity index (χ2n) is 7.70. The van der Waals surface area contributed by atoms with Crippen molar-refractivity contribution < 1.29 is 23.0 Å². The Labute approximate surface area is 182 Å². The van der Waals surface area contributed by atoms with Gasteiger partial charge in [0.2, 0.25) is 5.95 Å². The predicted molar refractivity (Wildman–Crippen MR) is 114 cm³/mol. The highest BCUT2D eigenvalue weighted by Crippen LogP contribution is 2.32. The molecule has 3 rings (SSSR count). The van der Waals surface area contributed by atoms with Gasteiger partial charge in [-0.15, -0.1) is 13.2 Å². The number of ether oxygens (including phenoxy) is 1. The van der Waals surface area contributed by atoms with Gasteiger partial charge in [-0.25, -0.2) is 4.98 Å². The fourth-order valence-corrected chi connectivity index (χ4v) is 2.82. The van der Waals surface area contributed by atoms with Crippen LogP contribution in [0.3, 0.4) is 0 Å². The van der Waals surface area contributed by atoms with Gasteiger partial charge in [-0.2, -0.15) is 4.98 Å². The summed E-state index contributed by atoms with van der Waals surface area (Å²) in [6, 6.07) is 11.5. The van der Waals surface area contributed by atoms with E-state index in [1.807, 2.05) is 20.8 Å². The molecule has 31 heavy (non-hydrogen) atoms. The summed E-state index contributed by atoms with van der Waals surface area (Å²) < 4.78 is 41.8. The Hall–Kier alpha value is -3.20. The van der Waals surface area contributed by atoms with Crippen LogP contribution in [0.4, 0.5) is 30.6 Å². The smallest absolute Gasteiger partial charge is 0.506 e. The topological polar surface area (TPSA) is 79.3 Å². The molecule has 1 aromatic heterocycles. The SMILES string of the molecule is CC(C)(C)Nc1nc(Nc2cc(Cl)ccc2O)cc(-c2cccc(OC(F)(F)F)c2)n1. The highest BCUT2D eigenvalue weighted by molar-refractivity contribution is 6.31. The third kappa shape index (κ3) is 6.65. The maximum Gasteiger partial charge on any atom is 0.573 e. The molecule has 3 N–H and O–H groups in total. The Morgan fingerprint density at radius 3 is 2.42 bits per heavy atom. The molecule has 0 aliphatic heterocycles. The summed E-state index contributed by atoms with van der Waals surface area (Å²) in [4.78, 5) is 8.81. The van der Waals surface area contributed by atoms with Gasteiger partial charge in [-0.3, -0.25) is 0 Å². The lowest BCUT2D eigenvalue weighted by atomic mass is 10.1. The number of hydrogen-bond acceptors (Lipinski definition) is 6. The first-order valence-corrected chi connectivity index (χ1v) is 9.55. The number of nitrogens with one attached hydrogen (secondary N) is 2. The Balaban J connectivity index is 2.03. The molecule has 0 radical (unpaired) electrons. The molecule has 164 valence electrons. The molecule has 3 aromatic rings. The van der Waals surface area contributed by atoms with Crippen LogP contribution in [-0.2, 0) is 0 Å². The molecule has 0 saturated carbocycles. The second-order valence-corrected chi connectivity index (χ2v) is 8.14. The number of phenolic OH excluding ortho intramolecular Hbond substituents is 1. The van der Waals surface area contributed by atoms with Gasteiger partial charge in [0, 0.05) is 22.2 Å². The first-order valence-electron chi connectivity index (χ1n) is 9.17. The number of alkyl halides is 3. The van der Waals surface area contributed by atoms with Gasteiger partial charge < -0.3 is 20.5 Å². The van der Waals surface area contributed by atoms with E-state index >= 15 is 0 Å². The van der Waals surface area contributed by atoms with Gasteiger partial charge in [0.05, 0.1) is 11.4 Å². The van der Waals surface area contributed by atoms with E-state index in [1.54, 1.807) is 12.1 Å². The number of aromatic hydroxyl groups is 1. The predicted octanol–water partition coefficient (Wildman–Crippen LogP) is 6.36. The number of nitrogens with zero attached hydrogens (tertiary/aromatic N) is 2. The highest BCUT2D eigenvalue weighted by atomic mass is 35.5. The summed E-state index contributed by atoms with van der Waals surface area (Å²) in [6.07, 6.45) is -4.81. The summed E-state index contributed by atoms with van der Waals surface area (Å²) in [6.45, 7) is 5.74. The zero-order chi connectivity index (χ0) is 22.8. The summed E-state index contributed by atoms with van der Waals surface area (Å²) >= 11 is 6.00. The molecule has 0 atom stereocenters. The van der Waals surface area contributed by atoms with E-state index in [-0.39, 0.29) is 23.0 Å². The maximum atomic E-state index is 12.6. The zero-order valence-corrected chi connectivity index (χ0v) is 17.6. The van der Waals surface area contributed by atoms with Crippen molar-refractivity contribution >= 4 is 29.1 Å². The van der Waals surface area contributed by atoms with Crippen molar-refractivity contribution in [1.82, 2.24) is 9.97 Å². The molecule has 2 aromatic carbocycles. The van der Waals surface area contributed by atoms with Crippen LogP contribution in [0.2, 0.25) is 5.02 Å². The first-order chi connectivity index (χ1) is 14.4. The normalized spacial score (nSPS) is 11.8. The van der Waals surface area contributed by atoms with Gasteiger partial charge in [0.1, 0.15) is 17.3 Å². The largest absolute Gasteiger partial charge is 0.573 e. The van der Waals surface area contributed by atoms with Gasteiger partial charge in [0.25, 0.3) is 0 Å². The second kappa shape index (κ2) is 8.50. The Morgan fingerprint density at radius 1 is 1.00 bits per heavy atom. The van der Waals surface area contributed by atoms with Crippen molar-refractivity contribution in [2.75, 3.05) is 10.6 Å². The van der Waals surface area contributed by atoms with E-state index in [9.17, 15) is 18.3 Å². The third-order valence-corrected chi connectivity index (χ3v) is 4.03. The van der Waals surface area contributed by atoms with Crippen LogP contribution in [-0.4, -0.2) is 27.0 Å². The maximum absolute atomic E-state index is 12.6. The minimum absolute atomic E-state index is 0.0459. The van der Waals surface area contributed by atoms with E-state index in [0.717, 1.165) is 0 Å². The molecular weight excluding hydrogens is 433 g/mol. The monoisotopic (exact) mass is 452 g/mol. The fraction of sp³-hybridized carbons (Fsp3) is 0.238. The number of halogens is 4. The minimum atomic E-state index is -4.81. The van der Waals surface area contributed by atoms with E-state index in [1.165, 1.54) is 36.4 Å². The Kier molecular flexibility index (Phi) is 6.17.